The summed E-state index contributed by atoms with van der Waals surface area (Å²) in [5, 5.41) is 39.6. The van der Waals surface area contributed by atoms with E-state index in [0.29, 0.717) is 25.3 Å². The maximum Gasteiger partial charge on any atom is 0.252 e. The van der Waals surface area contributed by atoms with Gasteiger partial charge in [0.25, 0.3) is 5.91 Å². The van der Waals surface area contributed by atoms with Crippen molar-refractivity contribution in [3.05, 3.63) is 76.0 Å². The Bertz CT molecular complexity index is 2000. The van der Waals surface area contributed by atoms with Crippen molar-refractivity contribution in [1.29, 1.82) is 0 Å². The number of pyridine rings is 1. The number of phenols is 2. The molecule has 15 nitrogen and oxygen atoms in total. The van der Waals surface area contributed by atoms with E-state index in [2.05, 4.69) is 15.2 Å². The normalized spacial score (nSPS) is 29.8. The first-order valence-corrected chi connectivity index (χ1v) is 20.3. The van der Waals surface area contributed by atoms with E-state index in [1.165, 1.54) is 40.8 Å². The molecule has 1 aromatic heterocycles. The van der Waals surface area contributed by atoms with Crippen molar-refractivity contribution < 1.29 is 58.1 Å². The third-order valence-electron chi connectivity index (χ3n) is 10.9. The van der Waals surface area contributed by atoms with Crippen LogP contribution in [0.1, 0.15) is 68.8 Å². The maximum absolute atomic E-state index is 14.1. The molecule has 0 saturated carbocycles. The van der Waals surface area contributed by atoms with Gasteiger partial charge in [0, 0.05) is 74.1 Å². The molecule has 4 N–H and O–H groups in total. The van der Waals surface area contributed by atoms with Gasteiger partial charge in [-0.05, 0) is 35.9 Å². The number of ether oxygens (including phenoxy) is 6. The first kappa shape index (κ1) is 38.1. The molecule has 3 aliphatic heterocycles. The van der Waals surface area contributed by atoms with Gasteiger partial charge >= 0.3 is 0 Å². The summed E-state index contributed by atoms with van der Waals surface area (Å²) in [6.07, 6.45) is -2.88. The van der Waals surface area contributed by atoms with Crippen LogP contribution in [0.4, 0.5) is 0 Å². The van der Waals surface area contributed by atoms with Gasteiger partial charge in [0.15, 0.2) is 24.6 Å². The number of ketones is 2. The number of aromatic nitrogens is 1. The van der Waals surface area contributed by atoms with Crippen molar-refractivity contribution in [2.45, 2.75) is 80.0 Å². The van der Waals surface area contributed by atoms with Gasteiger partial charge in [-0.1, -0.05) is 29.0 Å². The van der Waals surface area contributed by atoms with Gasteiger partial charge in [-0.15, -0.1) is 0 Å². The standard InChI is InChI=1S/C38H41N3O12S2/c1-18-34-21(41-12-13-50-36(49-3)35(41)53-34)15-25(51-18)52-23-17-38(47,37(46)40-11-14-54-55-24-9-4-5-10-39-24)16-20-27(23)33(45)29-28(31(20)43)30(42)19-7-6-8-22(48-2)26(19)32(29)44/h4-10,18,21,23,25,34-36,43,45,47H,11-17H2,1-3H3,(H,40,46)/t18-,21-,23-,25-,34+,35+,36-,38-/m0/s1. The quantitative estimate of drug-likeness (QED) is 0.104. The van der Waals surface area contributed by atoms with Crippen LogP contribution in [0.25, 0.3) is 0 Å². The number of fused-ring (bicyclic) bond motifs is 6. The van der Waals surface area contributed by atoms with Crippen molar-refractivity contribution >= 4 is 39.1 Å². The average molecular weight is 796 g/mol. The lowest BCUT2D eigenvalue weighted by Gasteiger charge is -2.43. The molecule has 1 amide bonds. The molecule has 3 fully saturated rings. The number of phenolic OH excluding ortho intramolecular Hbond substituents is 2. The number of benzene rings is 2. The van der Waals surface area contributed by atoms with Crippen LogP contribution in [0.2, 0.25) is 0 Å². The number of morpholine rings is 1. The molecular weight excluding hydrogens is 755 g/mol. The molecular formula is C38H41N3O12S2. The fraction of sp³-hybridized carbons (Fsp3) is 0.474. The van der Waals surface area contributed by atoms with Gasteiger partial charge in [-0.25, -0.2) is 4.98 Å². The number of rotatable bonds is 10. The smallest absolute Gasteiger partial charge is 0.252 e. The van der Waals surface area contributed by atoms with Crippen LogP contribution in [0.3, 0.4) is 0 Å². The molecule has 0 radical (unpaired) electrons. The number of nitrogens with one attached hydrogen (secondary N) is 1. The lowest BCUT2D eigenvalue weighted by Crippen LogP contribution is -2.55. The Kier molecular flexibility index (Phi) is 10.6. The summed E-state index contributed by atoms with van der Waals surface area (Å²) >= 11 is 0. The van der Waals surface area contributed by atoms with Crippen molar-refractivity contribution in [3.63, 3.8) is 0 Å². The summed E-state index contributed by atoms with van der Waals surface area (Å²) in [4.78, 5) is 48.4. The zero-order chi connectivity index (χ0) is 38.6. The highest BCUT2D eigenvalue weighted by molar-refractivity contribution is 8.76. The second-order valence-electron chi connectivity index (χ2n) is 14.0. The maximum atomic E-state index is 14.1. The van der Waals surface area contributed by atoms with Gasteiger partial charge in [-0.3, -0.25) is 19.3 Å². The van der Waals surface area contributed by atoms with Gasteiger partial charge in [0.2, 0.25) is 5.78 Å². The topological polar surface area (TPSA) is 195 Å². The predicted octanol–water partition coefficient (Wildman–Crippen LogP) is 3.10. The summed E-state index contributed by atoms with van der Waals surface area (Å²) in [7, 11) is 5.84. The van der Waals surface area contributed by atoms with Gasteiger partial charge in [0.05, 0.1) is 42.6 Å². The Morgan fingerprint density at radius 1 is 1.07 bits per heavy atom. The van der Waals surface area contributed by atoms with E-state index in [1.807, 2.05) is 25.1 Å². The zero-order valence-corrected chi connectivity index (χ0v) is 31.9. The first-order valence-electron chi connectivity index (χ1n) is 18.0. The predicted molar refractivity (Wildman–Crippen MR) is 197 cm³/mol. The Morgan fingerprint density at radius 3 is 2.65 bits per heavy atom. The van der Waals surface area contributed by atoms with Crippen molar-refractivity contribution in [1.82, 2.24) is 15.2 Å². The van der Waals surface area contributed by atoms with Gasteiger partial charge in [-0.2, -0.15) is 0 Å². The van der Waals surface area contributed by atoms with Gasteiger partial charge in [0.1, 0.15) is 34.0 Å². The lowest BCUT2D eigenvalue weighted by molar-refractivity contribution is -0.256. The van der Waals surface area contributed by atoms with E-state index in [4.69, 9.17) is 28.4 Å². The highest BCUT2D eigenvalue weighted by Gasteiger charge is 2.55. The summed E-state index contributed by atoms with van der Waals surface area (Å²) in [5.41, 5.74) is -3.15. The number of methoxy groups -OCH3 is 2. The molecule has 4 heterocycles. The van der Waals surface area contributed by atoms with E-state index in [-0.39, 0.29) is 53.1 Å². The minimum absolute atomic E-state index is 0.0136. The lowest BCUT2D eigenvalue weighted by atomic mass is 9.72. The molecule has 0 bridgehead atoms. The third-order valence-corrected chi connectivity index (χ3v) is 13.1. The number of carbonyl (C=O) groups excluding carboxylic acids is 3. The molecule has 8 atom stereocenters. The van der Waals surface area contributed by atoms with E-state index in [9.17, 15) is 29.7 Å². The molecule has 3 aromatic rings. The number of aliphatic hydroxyl groups is 1. The Labute approximate surface area is 324 Å². The minimum Gasteiger partial charge on any atom is -0.507 e. The fourth-order valence-corrected chi connectivity index (χ4v) is 10.2. The number of carbonyl (C=O) groups is 3. The SMILES string of the molecule is COc1cccc2c1C(=O)c1c(O)c3c(c(O)c1C2=O)C[C@@](O)(C(=O)NCCSSc1ccccn1)C[C@@H]3O[C@H]1C[C@H]2[C@H](O[C@@H]3[C@@H](OC)OCCN32)[C@H](C)O1. The highest BCUT2D eigenvalue weighted by Crippen LogP contribution is 2.53. The molecule has 5 aliphatic rings. The third kappa shape index (κ3) is 6.68. The molecule has 8 rings (SSSR count). The van der Waals surface area contributed by atoms with Crippen LogP contribution >= 0.6 is 21.6 Å². The zero-order valence-electron chi connectivity index (χ0n) is 30.3. The largest absolute Gasteiger partial charge is 0.507 e. The molecule has 0 spiro atoms. The van der Waals surface area contributed by atoms with Crippen molar-refractivity contribution in [3.8, 4) is 17.2 Å². The monoisotopic (exact) mass is 795 g/mol. The van der Waals surface area contributed by atoms with Crippen LogP contribution < -0.4 is 10.1 Å². The molecule has 0 unspecified atom stereocenters. The fourth-order valence-electron chi connectivity index (χ4n) is 8.37. The highest BCUT2D eigenvalue weighted by atomic mass is 33.1. The van der Waals surface area contributed by atoms with Crippen LogP contribution in [0.15, 0.2) is 47.6 Å². The van der Waals surface area contributed by atoms with Gasteiger partial charge < -0.3 is 49.1 Å². The molecule has 55 heavy (non-hydrogen) atoms. The Balaban J connectivity index is 1.11. The molecule has 3 saturated heterocycles. The van der Waals surface area contributed by atoms with Crippen LogP contribution in [0, 0.1) is 0 Å². The molecule has 292 valence electrons. The second-order valence-corrected chi connectivity index (χ2v) is 16.5. The van der Waals surface area contributed by atoms with E-state index < -0.39 is 83.1 Å². The first-order chi connectivity index (χ1) is 26.5. The van der Waals surface area contributed by atoms with Crippen molar-refractivity contribution in [2.24, 2.45) is 0 Å². The van der Waals surface area contributed by atoms with Crippen LogP contribution in [-0.2, 0) is 34.9 Å². The summed E-state index contributed by atoms with van der Waals surface area (Å²) in [5.74, 6) is -2.77. The summed E-state index contributed by atoms with van der Waals surface area (Å²) in [6.45, 7) is 3.07. The van der Waals surface area contributed by atoms with E-state index in [0.717, 1.165) is 5.03 Å². The number of hydrogen-bond acceptors (Lipinski definition) is 16. The molecule has 2 aliphatic carbocycles. The summed E-state index contributed by atoms with van der Waals surface area (Å²) in [6, 6.07) is 9.92. The number of nitrogens with zero attached hydrogens (tertiary/aromatic N) is 2. The Morgan fingerprint density at radius 2 is 1.89 bits per heavy atom. The Hall–Kier alpha value is -3.78. The van der Waals surface area contributed by atoms with E-state index in [1.54, 1.807) is 19.4 Å². The van der Waals surface area contributed by atoms with Crippen molar-refractivity contribution in [2.75, 3.05) is 39.7 Å². The average Bonchev–Trinajstić information content (AvgIpc) is 3.57. The minimum atomic E-state index is -2.16. The summed E-state index contributed by atoms with van der Waals surface area (Å²) < 4.78 is 35.9. The number of amides is 1. The number of hydrogen-bond donors (Lipinski definition) is 4. The molecule has 2 aromatic carbocycles. The molecule has 17 heteroatoms. The van der Waals surface area contributed by atoms with E-state index >= 15 is 0 Å². The van der Waals surface area contributed by atoms with Crippen LogP contribution in [0.5, 0.6) is 17.2 Å². The van der Waals surface area contributed by atoms with Crippen LogP contribution in [-0.4, -0.2) is 125 Å². The second kappa shape index (κ2) is 15.3. The number of aromatic hydroxyl groups is 2.